The standard InChI is InChI=1S/C10H15N5/c11-9(14-5-1-2-6-14)13-10(12)15-7-3-4-8-15/h1-4H,5-8H2,(H3,11,12,13). The second-order valence-electron chi connectivity index (χ2n) is 3.57. The molecule has 0 radical (unpaired) electrons. The number of nitrogens with one attached hydrogen (secondary N) is 3. The SMILES string of the molecule is N=C(NC(=N)N1CC=CC1)N1CC=CC1. The summed E-state index contributed by atoms with van der Waals surface area (Å²) in [6.45, 7) is 3.05. The zero-order chi connectivity index (χ0) is 10.7. The van der Waals surface area contributed by atoms with E-state index in [1.165, 1.54) is 0 Å². The molecule has 80 valence electrons. The summed E-state index contributed by atoms with van der Waals surface area (Å²) in [7, 11) is 0. The van der Waals surface area contributed by atoms with Crippen LogP contribution in [0.2, 0.25) is 0 Å². The van der Waals surface area contributed by atoms with Crippen molar-refractivity contribution in [3.05, 3.63) is 24.3 Å². The summed E-state index contributed by atoms with van der Waals surface area (Å²) in [5.41, 5.74) is 0. The molecule has 0 aromatic heterocycles. The Labute approximate surface area is 89.1 Å². The van der Waals surface area contributed by atoms with Gasteiger partial charge >= 0.3 is 0 Å². The van der Waals surface area contributed by atoms with Crippen molar-refractivity contribution in [1.82, 2.24) is 15.1 Å². The molecule has 0 saturated heterocycles. The predicted octanol–water partition coefficient (Wildman–Crippen LogP) is 0.189. The molecule has 2 heterocycles. The third-order valence-electron chi connectivity index (χ3n) is 2.51. The van der Waals surface area contributed by atoms with E-state index in [4.69, 9.17) is 10.8 Å². The van der Waals surface area contributed by atoms with E-state index >= 15 is 0 Å². The summed E-state index contributed by atoms with van der Waals surface area (Å²) < 4.78 is 0. The minimum Gasteiger partial charge on any atom is -0.335 e. The fourth-order valence-electron chi connectivity index (χ4n) is 1.59. The smallest absolute Gasteiger partial charge is 0.198 e. The highest BCUT2D eigenvalue weighted by Crippen LogP contribution is 2.00. The van der Waals surface area contributed by atoms with Gasteiger partial charge in [-0.05, 0) is 0 Å². The Bertz CT molecular complexity index is 283. The monoisotopic (exact) mass is 205 g/mol. The number of rotatable bonds is 0. The summed E-state index contributed by atoms with van der Waals surface area (Å²) in [5, 5.41) is 18.3. The van der Waals surface area contributed by atoms with Gasteiger partial charge in [0.05, 0.1) is 0 Å². The number of hydrogen-bond donors (Lipinski definition) is 3. The Morgan fingerprint density at radius 2 is 1.13 bits per heavy atom. The van der Waals surface area contributed by atoms with Crippen molar-refractivity contribution in [1.29, 1.82) is 10.8 Å². The zero-order valence-corrected chi connectivity index (χ0v) is 8.53. The van der Waals surface area contributed by atoms with Gasteiger partial charge < -0.3 is 9.80 Å². The van der Waals surface area contributed by atoms with Crippen molar-refractivity contribution in [2.75, 3.05) is 26.2 Å². The van der Waals surface area contributed by atoms with Gasteiger partial charge in [-0.15, -0.1) is 0 Å². The molecule has 5 nitrogen and oxygen atoms in total. The first-order chi connectivity index (χ1) is 7.27. The van der Waals surface area contributed by atoms with Gasteiger partial charge in [0.15, 0.2) is 11.9 Å². The van der Waals surface area contributed by atoms with Gasteiger partial charge in [0, 0.05) is 26.2 Å². The van der Waals surface area contributed by atoms with Crippen LogP contribution >= 0.6 is 0 Å². The number of nitrogens with zero attached hydrogens (tertiary/aromatic N) is 2. The lowest BCUT2D eigenvalue weighted by molar-refractivity contribution is 0.494. The van der Waals surface area contributed by atoms with E-state index < -0.39 is 0 Å². The maximum Gasteiger partial charge on any atom is 0.198 e. The number of guanidine groups is 2. The van der Waals surface area contributed by atoms with Gasteiger partial charge in [-0.3, -0.25) is 16.1 Å². The minimum atomic E-state index is 0.303. The van der Waals surface area contributed by atoms with Gasteiger partial charge in [-0.25, -0.2) is 0 Å². The van der Waals surface area contributed by atoms with Crippen molar-refractivity contribution in [2.24, 2.45) is 0 Å². The van der Waals surface area contributed by atoms with Gasteiger partial charge in [-0.1, -0.05) is 24.3 Å². The van der Waals surface area contributed by atoms with Crippen molar-refractivity contribution in [2.45, 2.75) is 0 Å². The van der Waals surface area contributed by atoms with E-state index in [0.29, 0.717) is 11.9 Å². The van der Waals surface area contributed by atoms with Gasteiger partial charge in [0.25, 0.3) is 0 Å². The Hall–Kier alpha value is -1.78. The van der Waals surface area contributed by atoms with Crippen molar-refractivity contribution < 1.29 is 0 Å². The minimum absolute atomic E-state index is 0.303. The molecule has 0 saturated carbocycles. The van der Waals surface area contributed by atoms with Crippen molar-refractivity contribution >= 4 is 11.9 Å². The summed E-state index contributed by atoms with van der Waals surface area (Å²) in [5.74, 6) is 0.605. The third-order valence-corrected chi connectivity index (χ3v) is 2.51. The lowest BCUT2D eigenvalue weighted by Gasteiger charge is -2.24. The summed E-state index contributed by atoms with van der Waals surface area (Å²) >= 11 is 0. The Morgan fingerprint density at radius 3 is 1.47 bits per heavy atom. The fourth-order valence-corrected chi connectivity index (χ4v) is 1.59. The highest BCUT2D eigenvalue weighted by Gasteiger charge is 2.15. The Kier molecular flexibility index (Phi) is 2.71. The van der Waals surface area contributed by atoms with Gasteiger partial charge in [-0.2, -0.15) is 0 Å². The first-order valence-corrected chi connectivity index (χ1v) is 5.01. The molecular weight excluding hydrogens is 190 g/mol. The van der Waals surface area contributed by atoms with Crippen LogP contribution in [0, 0.1) is 10.8 Å². The largest absolute Gasteiger partial charge is 0.335 e. The second-order valence-corrected chi connectivity index (χ2v) is 3.57. The molecule has 0 aromatic carbocycles. The van der Waals surface area contributed by atoms with E-state index in [1.807, 2.05) is 34.1 Å². The highest BCUT2D eigenvalue weighted by molar-refractivity contribution is 5.96. The van der Waals surface area contributed by atoms with Crippen molar-refractivity contribution in [3.8, 4) is 0 Å². The quantitative estimate of drug-likeness (QED) is 0.300. The second kappa shape index (κ2) is 4.16. The molecule has 0 bridgehead atoms. The molecule has 0 fully saturated rings. The third kappa shape index (κ3) is 2.18. The molecule has 0 spiro atoms. The van der Waals surface area contributed by atoms with Crippen LogP contribution in [0.4, 0.5) is 0 Å². The molecule has 5 heteroatoms. The van der Waals surface area contributed by atoms with E-state index in [0.717, 1.165) is 26.2 Å². The maximum atomic E-state index is 7.77. The molecule has 0 aliphatic carbocycles. The summed E-state index contributed by atoms with van der Waals surface area (Å²) in [6, 6.07) is 0. The molecule has 0 unspecified atom stereocenters. The number of hydrogen-bond acceptors (Lipinski definition) is 2. The maximum absolute atomic E-state index is 7.77. The van der Waals surface area contributed by atoms with Gasteiger partial charge in [0.1, 0.15) is 0 Å². The molecule has 15 heavy (non-hydrogen) atoms. The van der Waals surface area contributed by atoms with Crippen LogP contribution in [0.25, 0.3) is 0 Å². The molecule has 2 aliphatic heterocycles. The first-order valence-electron chi connectivity index (χ1n) is 5.01. The molecule has 0 aromatic rings. The summed E-state index contributed by atoms with van der Waals surface area (Å²) in [4.78, 5) is 3.75. The van der Waals surface area contributed by atoms with Crippen LogP contribution in [0.15, 0.2) is 24.3 Å². The topological polar surface area (TPSA) is 66.2 Å². The van der Waals surface area contributed by atoms with E-state index in [1.54, 1.807) is 0 Å². The van der Waals surface area contributed by atoms with Crippen LogP contribution in [-0.4, -0.2) is 47.9 Å². The predicted molar refractivity (Wildman–Crippen MR) is 60.0 cm³/mol. The zero-order valence-electron chi connectivity index (χ0n) is 8.53. The van der Waals surface area contributed by atoms with Crippen LogP contribution in [0.5, 0.6) is 0 Å². The molecular formula is C10H15N5. The van der Waals surface area contributed by atoms with Crippen LogP contribution in [-0.2, 0) is 0 Å². The van der Waals surface area contributed by atoms with Crippen molar-refractivity contribution in [3.63, 3.8) is 0 Å². The fraction of sp³-hybridized carbons (Fsp3) is 0.400. The molecule has 2 aliphatic rings. The molecule has 0 amide bonds. The lowest BCUT2D eigenvalue weighted by atomic mass is 10.6. The molecule has 3 N–H and O–H groups in total. The van der Waals surface area contributed by atoms with Crippen LogP contribution in [0.1, 0.15) is 0 Å². The average molecular weight is 205 g/mol. The summed E-state index contributed by atoms with van der Waals surface area (Å²) in [6.07, 6.45) is 8.10. The normalized spacial score (nSPS) is 18.7. The average Bonchev–Trinajstić information content (AvgIpc) is 2.91. The van der Waals surface area contributed by atoms with E-state index in [-0.39, 0.29) is 0 Å². The van der Waals surface area contributed by atoms with E-state index in [9.17, 15) is 0 Å². The highest BCUT2D eigenvalue weighted by atomic mass is 15.4. The lowest BCUT2D eigenvalue weighted by Crippen LogP contribution is -2.48. The van der Waals surface area contributed by atoms with Crippen LogP contribution < -0.4 is 5.32 Å². The Morgan fingerprint density at radius 1 is 0.800 bits per heavy atom. The first kappa shape index (κ1) is 9.76. The Balaban J connectivity index is 1.80. The molecule has 2 rings (SSSR count). The van der Waals surface area contributed by atoms with E-state index in [2.05, 4.69) is 5.32 Å². The molecule has 0 atom stereocenters. The van der Waals surface area contributed by atoms with Gasteiger partial charge in [0.2, 0.25) is 0 Å². The van der Waals surface area contributed by atoms with Crippen LogP contribution in [0.3, 0.4) is 0 Å².